The fourth-order valence-corrected chi connectivity index (χ4v) is 1.30. The van der Waals surface area contributed by atoms with Crippen molar-refractivity contribution in [3.8, 4) is 0 Å². The molecule has 1 saturated heterocycles. The monoisotopic (exact) mass is 187 g/mol. The first-order valence-electron chi connectivity index (χ1n) is 4.63. The van der Waals surface area contributed by atoms with Gasteiger partial charge < -0.3 is 9.47 Å². The highest BCUT2D eigenvalue weighted by molar-refractivity contribution is 5.80. The molecule has 0 aromatic heterocycles. The Morgan fingerprint density at radius 1 is 1.46 bits per heavy atom. The van der Waals surface area contributed by atoms with E-state index in [4.69, 9.17) is 9.47 Å². The quantitative estimate of drug-likeness (QED) is 0.603. The molecule has 0 unspecified atom stereocenters. The van der Waals surface area contributed by atoms with Gasteiger partial charge in [-0.25, -0.2) is 0 Å². The standard InChI is InChI=1S/C9H17NO3/c1-12-5-2-9(11)8-10-3-6-13-7-4-10/h2-8H2,1H3. The molecule has 0 spiro atoms. The third-order valence-corrected chi connectivity index (χ3v) is 2.09. The maximum absolute atomic E-state index is 11.3. The number of hydrogen-bond donors (Lipinski definition) is 0. The first-order valence-corrected chi connectivity index (χ1v) is 4.63. The molecule has 0 aliphatic carbocycles. The summed E-state index contributed by atoms with van der Waals surface area (Å²) in [5.41, 5.74) is 0. The minimum atomic E-state index is 0.253. The molecule has 1 aliphatic rings. The van der Waals surface area contributed by atoms with Crippen molar-refractivity contribution in [3.63, 3.8) is 0 Å². The number of nitrogens with zero attached hydrogens (tertiary/aromatic N) is 1. The summed E-state index contributed by atoms with van der Waals surface area (Å²) in [6.07, 6.45) is 0.522. The van der Waals surface area contributed by atoms with Gasteiger partial charge in [0.05, 0.1) is 26.4 Å². The summed E-state index contributed by atoms with van der Waals surface area (Å²) in [6, 6.07) is 0. The number of rotatable bonds is 5. The van der Waals surface area contributed by atoms with Gasteiger partial charge in [0.1, 0.15) is 5.78 Å². The predicted molar refractivity (Wildman–Crippen MR) is 48.8 cm³/mol. The maximum Gasteiger partial charge on any atom is 0.149 e. The first-order chi connectivity index (χ1) is 6.33. The molecule has 1 rings (SSSR count). The average Bonchev–Trinajstić information content (AvgIpc) is 2.16. The Hall–Kier alpha value is -0.450. The van der Waals surface area contributed by atoms with Gasteiger partial charge in [0.15, 0.2) is 0 Å². The Balaban J connectivity index is 2.11. The van der Waals surface area contributed by atoms with Crippen LogP contribution in [0.25, 0.3) is 0 Å². The van der Waals surface area contributed by atoms with Crippen LogP contribution in [0.15, 0.2) is 0 Å². The molecule has 0 aromatic carbocycles. The van der Waals surface area contributed by atoms with E-state index in [1.807, 2.05) is 0 Å². The highest BCUT2D eigenvalue weighted by Crippen LogP contribution is 1.97. The molecule has 0 atom stereocenters. The zero-order chi connectivity index (χ0) is 9.52. The molecule has 4 heteroatoms. The summed E-state index contributed by atoms with van der Waals surface area (Å²) in [5, 5.41) is 0. The smallest absolute Gasteiger partial charge is 0.149 e. The van der Waals surface area contributed by atoms with E-state index in [0.29, 0.717) is 19.6 Å². The van der Waals surface area contributed by atoms with E-state index in [1.54, 1.807) is 7.11 Å². The normalized spacial score (nSPS) is 18.8. The van der Waals surface area contributed by atoms with Crippen molar-refractivity contribution < 1.29 is 14.3 Å². The fourth-order valence-electron chi connectivity index (χ4n) is 1.30. The van der Waals surface area contributed by atoms with Crippen LogP contribution in [0.4, 0.5) is 0 Å². The van der Waals surface area contributed by atoms with Crippen molar-refractivity contribution in [2.75, 3.05) is 46.6 Å². The lowest BCUT2D eigenvalue weighted by atomic mass is 10.2. The van der Waals surface area contributed by atoms with Gasteiger partial charge in [-0.15, -0.1) is 0 Å². The number of methoxy groups -OCH3 is 1. The summed E-state index contributed by atoms with van der Waals surface area (Å²) in [7, 11) is 1.61. The van der Waals surface area contributed by atoms with E-state index in [2.05, 4.69) is 4.90 Å². The molecule has 1 heterocycles. The van der Waals surface area contributed by atoms with Crippen LogP contribution in [0.2, 0.25) is 0 Å². The lowest BCUT2D eigenvalue weighted by Crippen LogP contribution is -2.39. The number of ether oxygens (including phenoxy) is 2. The van der Waals surface area contributed by atoms with Gasteiger partial charge in [-0.2, -0.15) is 0 Å². The van der Waals surface area contributed by atoms with Gasteiger partial charge >= 0.3 is 0 Å². The van der Waals surface area contributed by atoms with Crippen LogP contribution >= 0.6 is 0 Å². The molecular weight excluding hydrogens is 170 g/mol. The largest absolute Gasteiger partial charge is 0.384 e. The highest BCUT2D eigenvalue weighted by Gasteiger charge is 2.13. The van der Waals surface area contributed by atoms with Gasteiger partial charge in [-0.05, 0) is 0 Å². The number of carbonyl (C=O) groups excluding carboxylic acids is 1. The van der Waals surface area contributed by atoms with Crippen molar-refractivity contribution in [3.05, 3.63) is 0 Å². The number of hydrogen-bond acceptors (Lipinski definition) is 4. The Bertz CT molecular complexity index is 155. The second-order valence-electron chi connectivity index (χ2n) is 3.17. The summed E-state index contributed by atoms with van der Waals surface area (Å²) in [4.78, 5) is 13.4. The maximum atomic E-state index is 11.3. The van der Waals surface area contributed by atoms with Crippen molar-refractivity contribution in [1.82, 2.24) is 4.90 Å². The molecule has 0 N–H and O–H groups in total. The van der Waals surface area contributed by atoms with Crippen LogP contribution in [0.3, 0.4) is 0 Å². The number of carbonyl (C=O) groups is 1. The molecule has 1 fully saturated rings. The first kappa shape index (κ1) is 10.6. The molecule has 0 aromatic rings. The topological polar surface area (TPSA) is 38.8 Å². The molecule has 0 bridgehead atoms. The van der Waals surface area contributed by atoms with Crippen LogP contribution in [0.5, 0.6) is 0 Å². The molecule has 0 radical (unpaired) electrons. The lowest BCUT2D eigenvalue weighted by Gasteiger charge is -2.25. The Morgan fingerprint density at radius 2 is 2.15 bits per heavy atom. The summed E-state index contributed by atoms with van der Waals surface area (Å²) in [6.45, 7) is 4.32. The van der Waals surface area contributed by atoms with Crippen LogP contribution < -0.4 is 0 Å². The lowest BCUT2D eigenvalue weighted by molar-refractivity contribution is -0.122. The zero-order valence-corrected chi connectivity index (χ0v) is 8.12. The molecule has 13 heavy (non-hydrogen) atoms. The van der Waals surface area contributed by atoms with Gasteiger partial charge in [-0.3, -0.25) is 9.69 Å². The van der Waals surface area contributed by atoms with Crippen LogP contribution in [-0.2, 0) is 14.3 Å². The number of Topliss-reactive ketones (excluding diaryl/α,β-unsaturated/α-hetero) is 1. The summed E-state index contributed by atoms with van der Waals surface area (Å²) in [5.74, 6) is 0.253. The molecule has 0 saturated carbocycles. The van der Waals surface area contributed by atoms with E-state index in [0.717, 1.165) is 26.3 Å². The van der Waals surface area contributed by atoms with Crippen molar-refractivity contribution in [2.24, 2.45) is 0 Å². The SMILES string of the molecule is COCCC(=O)CN1CCOCC1. The molecular formula is C9H17NO3. The molecule has 1 aliphatic heterocycles. The molecule has 4 nitrogen and oxygen atoms in total. The Kier molecular flexibility index (Phi) is 4.97. The van der Waals surface area contributed by atoms with E-state index < -0.39 is 0 Å². The Morgan fingerprint density at radius 3 is 2.77 bits per heavy atom. The zero-order valence-electron chi connectivity index (χ0n) is 8.12. The van der Waals surface area contributed by atoms with E-state index in [9.17, 15) is 4.79 Å². The fraction of sp³-hybridized carbons (Fsp3) is 0.889. The molecule has 76 valence electrons. The van der Waals surface area contributed by atoms with Gasteiger partial charge in [0, 0.05) is 26.6 Å². The van der Waals surface area contributed by atoms with Crippen LogP contribution in [0, 0.1) is 0 Å². The summed E-state index contributed by atoms with van der Waals surface area (Å²) >= 11 is 0. The average molecular weight is 187 g/mol. The van der Waals surface area contributed by atoms with Crippen molar-refractivity contribution in [2.45, 2.75) is 6.42 Å². The van der Waals surface area contributed by atoms with Gasteiger partial charge in [0.2, 0.25) is 0 Å². The highest BCUT2D eigenvalue weighted by atomic mass is 16.5. The van der Waals surface area contributed by atoms with E-state index >= 15 is 0 Å². The number of morpholine rings is 1. The van der Waals surface area contributed by atoms with E-state index in [1.165, 1.54) is 0 Å². The predicted octanol–water partition coefficient (Wildman–Crippen LogP) is -0.0758. The minimum absolute atomic E-state index is 0.253. The third-order valence-electron chi connectivity index (χ3n) is 2.09. The van der Waals surface area contributed by atoms with Crippen LogP contribution in [0.1, 0.15) is 6.42 Å². The van der Waals surface area contributed by atoms with Crippen molar-refractivity contribution >= 4 is 5.78 Å². The minimum Gasteiger partial charge on any atom is -0.384 e. The van der Waals surface area contributed by atoms with Crippen LogP contribution in [-0.4, -0.2) is 57.2 Å². The number of ketones is 1. The second-order valence-corrected chi connectivity index (χ2v) is 3.17. The second kappa shape index (κ2) is 6.07. The van der Waals surface area contributed by atoms with Gasteiger partial charge in [-0.1, -0.05) is 0 Å². The Labute approximate surface area is 78.8 Å². The van der Waals surface area contributed by atoms with Crippen molar-refractivity contribution in [1.29, 1.82) is 0 Å². The van der Waals surface area contributed by atoms with E-state index in [-0.39, 0.29) is 5.78 Å². The van der Waals surface area contributed by atoms with Gasteiger partial charge in [0.25, 0.3) is 0 Å². The summed E-state index contributed by atoms with van der Waals surface area (Å²) < 4.78 is 10.0. The third kappa shape index (κ3) is 4.36. The molecule has 0 amide bonds.